The Morgan fingerprint density at radius 3 is 2.39 bits per heavy atom. The summed E-state index contributed by atoms with van der Waals surface area (Å²) >= 11 is 0. The number of hydrogen-bond acceptors (Lipinski definition) is 4. The standard InChI is InChI=1S/C16H18N4O3/c21-14-11-7-20(8-12(11)15(22)19-14)16(23)18-13-5-4-10(6-17-13)9-2-1-3-9/h4-6,9,11-12H,1-3,7-8H2,(H,17,18,23)(H,19,21,22)/t11-,12+. The number of anilines is 1. The Labute approximate surface area is 133 Å². The second kappa shape index (κ2) is 5.33. The third-order valence-electron chi connectivity index (χ3n) is 5.12. The van der Waals surface area contributed by atoms with Crippen LogP contribution in [-0.2, 0) is 9.59 Å². The molecule has 0 unspecified atom stereocenters. The second-order valence-electron chi connectivity index (χ2n) is 6.51. The molecule has 1 aromatic rings. The van der Waals surface area contributed by atoms with Gasteiger partial charge < -0.3 is 4.90 Å². The van der Waals surface area contributed by atoms with Crippen LogP contribution in [0.3, 0.4) is 0 Å². The van der Waals surface area contributed by atoms with Gasteiger partial charge in [0.2, 0.25) is 11.8 Å². The van der Waals surface area contributed by atoms with Crippen LogP contribution in [0.4, 0.5) is 10.6 Å². The van der Waals surface area contributed by atoms with Crippen LogP contribution in [0.1, 0.15) is 30.7 Å². The lowest BCUT2D eigenvalue weighted by molar-refractivity contribution is -0.126. The monoisotopic (exact) mass is 314 g/mol. The van der Waals surface area contributed by atoms with Crippen molar-refractivity contribution in [3.63, 3.8) is 0 Å². The van der Waals surface area contributed by atoms with Crippen molar-refractivity contribution in [3.8, 4) is 0 Å². The van der Waals surface area contributed by atoms with Gasteiger partial charge in [-0.25, -0.2) is 9.78 Å². The number of nitrogens with one attached hydrogen (secondary N) is 2. The summed E-state index contributed by atoms with van der Waals surface area (Å²) in [5.41, 5.74) is 1.22. The molecule has 2 atom stereocenters. The maximum absolute atomic E-state index is 12.3. The zero-order chi connectivity index (χ0) is 16.0. The lowest BCUT2D eigenvalue weighted by atomic mass is 9.81. The number of likely N-dealkylation sites (tertiary alicyclic amines) is 1. The highest BCUT2D eigenvalue weighted by Gasteiger charge is 2.48. The number of carbonyl (C=O) groups is 3. The first-order valence-electron chi connectivity index (χ1n) is 7.98. The highest BCUT2D eigenvalue weighted by atomic mass is 16.2. The van der Waals surface area contributed by atoms with Crippen molar-refractivity contribution in [3.05, 3.63) is 23.9 Å². The van der Waals surface area contributed by atoms with Crippen LogP contribution >= 0.6 is 0 Å². The van der Waals surface area contributed by atoms with Gasteiger partial charge in [0.25, 0.3) is 0 Å². The lowest BCUT2D eigenvalue weighted by Gasteiger charge is -2.25. The summed E-state index contributed by atoms with van der Waals surface area (Å²) in [6, 6.07) is 3.49. The van der Waals surface area contributed by atoms with Crippen LogP contribution in [0.15, 0.2) is 18.3 Å². The minimum Gasteiger partial charge on any atom is -0.323 e. The molecule has 7 nitrogen and oxygen atoms in total. The maximum atomic E-state index is 12.3. The van der Waals surface area contributed by atoms with Gasteiger partial charge in [-0.1, -0.05) is 12.5 Å². The third kappa shape index (κ3) is 2.46. The second-order valence-corrected chi connectivity index (χ2v) is 6.51. The van der Waals surface area contributed by atoms with Gasteiger partial charge in [-0.15, -0.1) is 0 Å². The van der Waals surface area contributed by atoms with Gasteiger partial charge in [0.15, 0.2) is 0 Å². The molecule has 4 amide bonds. The van der Waals surface area contributed by atoms with Gasteiger partial charge in [-0.2, -0.15) is 0 Å². The third-order valence-corrected chi connectivity index (χ3v) is 5.12. The number of aromatic nitrogens is 1. The molecule has 2 aliphatic heterocycles. The lowest BCUT2D eigenvalue weighted by Crippen LogP contribution is -2.37. The van der Waals surface area contributed by atoms with E-state index in [0.29, 0.717) is 11.7 Å². The van der Waals surface area contributed by atoms with Gasteiger partial charge >= 0.3 is 6.03 Å². The summed E-state index contributed by atoms with van der Waals surface area (Å²) in [6.07, 6.45) is 5.50. The molecule has 1 aliphatic carbocycles. The topological polar surface area (TPSA) is 91.4 Å². The van der Waals surface area contributed by atoms with Crippen LogP contribution in [-0.4, -0.2) is 40.8 Å². The normalized spacial score (nSPS) is 26.7. The summed E-state index contributed by atoms with van der Waals surface area (Å²) < 4.78 is 0. The van der Waals surface area contributed by atoms with E-state index in [2.05, 4.69) is 15.6 Å². The molecule has 4 rings (SSSR count). The predicted octanol–water partition coefficient (Wildman–Crippen LogP) is 1.09. The molecule has 23 heavy (non-hydrogen) atoms. The zero-order valence-electron chi connectivity index (χ0n) is 12.6. The number of rotatable bonds is 2. The Bertz CT molecular complexity index is 646. The first-order valence-corrected chi connectivity index (χ1v) is 7.98. The molecule has 2 saturated heterocycles. The highest BCUT2D eigenvalue weighted by Crippen LogP contribution is 2.36. The molecule has 3 fully saturated rings. The molecule has 1 aromatic heterocycles. The van der Waals surface area contributed by atoms with Gasteiger partial charge in [-0.3, -0.25) is 20.2 Å². The Kier molecular flexibility index (Phi) is 3.28. The van der Waals surface area contributed by atoms with E-state index in [1.165, 1.54) is 29.7 Å². The molecular weight excluding hydrogens is 296 g/mol. The fourth-order valence-electron chi connectivity index (χ4n) is 3.46. The molecule has 0 radical (unpaired) electrons. The number of fused-ring (bicyclic) bond motifs is 1. The average molecular weight is 314 g/mol. The Morgan fingerprint density at radius 2 is 1.87 bits per heavy atom. The molecular formula is C16H18N4O3. The predicted molar refractivity (Wildman–Crippen MR) is 81.6 cm³/mol. The van der Waals surface area contributed by atoms with Crippen molar-refractivity contribution in [2.45, 2.75) is 25.2 Å². The fraction of sp³-hybridized carbons (Fsp3) is 0.500. The number of pyridine rings is 1. The van der Waals surface area contributed by atoms with Crippen molar-refractivity contribution < 1.29 is 14.4 Å². The Balaban J connectivity index is 1.38. The molecule has 120 valence electrons. The molecule has 7 heteroatoms. The number of imide groups is 1. The summed E-state index contributed by atoms with van der Waals surface area (Å²) in [4.78, 5) is 41.3. The number of urea groups is 1. The SMILES string of the molecule is O=C1NC(=O)[C@@H]2CN(C(=O)Nc3ccc(C4CCC4)cn3)C[C@H]12. The number of carbonyl (C=O) groups excluding carboxylic acids is 3. The van der Waals surface area contributed by atoms with Crippen LogP contribution in [0.25, 0.3) is 0 Å². The minimum atomic E-state index is -0.415. The Hall–Kier alpha value is -2.44. The van der Waals surface area contributed by atoms with Crippen LogP contribution in [0.2, 0.25) is 0 Å². The molecule has 3 aliphatic rings. The smallest absolute Gasteiger partial charge is 0.323 e. The van der Waals surface area contributed by atoms with E-state index in [-0.39, 0.29) is 30.9 Å². The van der Waals surface area contributed by atoms with Crippen molar-refractivity contribution in [2.75, 3.05) is 18.4 Å². The molecule has 0 spiro atoms. The van der Waals surface area contributed by atoms with E-state index in [1.807, 2.05) is 12.3 Å². The number of nitrogens with zero attached hydrogens (tertiary/aromatic N) is 2. The molecule has 0 bridgehead atoms. The summed E-state index contributed by atoms with van der Waals surface area (Å²) in [5, 5.41) is 5.05. The minimum absolute atomic E-state index is 0.272. The van der Waals surface area contributed by atoms with Crippen LogP contribution < -0.4 is 10.6 Å². The Morgan fingerprint density at radius 1 is 1.17 bits per heavy atom. The quantitative estimate of drug-likeness (QED) is 0.799. The van der Waals surface area contributed by atoms with Crippen LogP contribution in [0, 0.1) is 11.8 Å². The van der Waals surface area contributed by atoms with Gasteiger partial charge in [0, 0.05) is 19.3 Å². The molecule has 0 aromatic carbocycles. The highest BCUT2D eigenvalue weighted by molar-refractivity contribution is 6.06. The molecule has 2 N–H and O–H groups in total. The average Bonchev–Trinajstić information content (AvgIpc) is 3.02. The molecule has 1 saturated carbocycles. The zero-order valence-corrected chi connectivity index (χ0v) is 12.6. The number of hydrogen-bond donors (Lipinski definition) is 2. The van der Waals surface area contributed by atoms with Crippen LogP contribution in [0.5, 0.6) is 0 Å². The van der Waals surface area contributed by atoms with E-state index in [9.17, 15) is 14.4 Å². The largest absolute Gasteiger partial charge is 0.323 e. The molecule has 3 heterocycles. The first-order chi connectivity index (χ1) is 11.1. The van der Waals surface area contributed by atoms with Gasteiger partial charge in [0.05, 0.1) is 11.8 Å². The van der Waals surface area contributed by atoms with Crippen molar-refractivity contribution in [1.82, 2.24) is 15.2 Å². The van der Waals surface area contributed by atoms with Gasteiger partial charge in [0.1, 0.15) is 5.82 Å². The summed E-state index contributed by atoms with van der Waals surface area (Å²) in [6.45, 7) is 0.544. The first kappa shape index (κ1) is 14.2. The van der Waals surface area contributed by atoms with E-state index in [0.717, 1.165) is 0 Å². The van der Waals surface area contributed by atoms with E-state index in [1.54, 1.807) is 6.07 Å². The maximum Gasteiger partial charge on any atom is 0.323 e. The van der Waals surface area contributed by atoms with E-state index < -0.39 is 11.8 Å². The van der Waals surface area contributed by atoms with E-state index >= 15 is 0 Å². The van der Waals surface area contributed by atoms with Gasteiger partial charge in [-0.05, 0) is 30.4 Å². The summed E-state index contributed by atoms with van der Waals surface area (Å²) in [7, 11) is 0. The fourth-order valence-corrected chi connectivity index (χ4v) is 3.46. The summed E-state index contributed by atoms with van der Waals surface area (Å²) in [5.74, 6) is -0.290. The van der Waals surface area contributed by atoms with Crippen molar-refractivity contribution in [2.24, 2.45) is 11.8 Å². The number of amides is 4. The van der Waals surface area contributed by atoms with Crippen molar-refractivity contribution >= 4 is 23.7 Å². The van der Waals surface area contributed by atoms with E-state index in [4.69, 9.17) is 0 Å². The van der Waals surface area contributed by atoms with Crippen molar-refractivity contribution in [1.29, 1.82) is 0 Å².